The molecule has 1 aromatic carbocycles. The number of carbonyl (C=O) groups excluding carboxylic acids is 1. The third-order valence-electron chi connectivity index (χ3n) is 3.86. The molecule has 0 N–H and O–H groups in total. The highest BCUT2D eigenvalue weighted by Crippen LogP contribution is 2.27. The van der Waals surface area contributed by atoms with Gasteiger partial charge in [0.15, 0.2) is 0 Å². The quantitative estimate of drug-likeness (QED) is 0.737. The summed E-state index contributed by atoms with van der Waals surface area (Å²) < 4.78 is 2.83. The summed E-state index contributed by atoms with van der Waals surface area (Å²) in [6.45, 7) is 4.21. The summed E-state index contributed by atoms with van der Waals surface area (Å²) >= 11 is 0. The number of benzene rings is 1. The molecule has 2 heterocycles. The van der Waals surface area contributed by atoms with Crippen molar-refractivity contribution >= 4 is 6.03 Å². The predicted molar refractivity (Wildman–Crippen MR) is 89.5 cm³/mol. The second-order valence-electron chi connectivity index (χ2n) is 5.39. The lowest BCUT2D eigenvalue weighted by Crippen LogP contribution is -2.23. The van der Waals surface area contributed by atoms with Gasteiger partial charge < -0.3 is 0 Å². The molecule has 0 aliphatic carbocycles. The van der Waals surface area contributed by atoms with Gasteiger partial charge in [0, 0.05) is 23.5 Å². The molecule has 0 saturated heterocycles. The van der Waals surface area contributed by atoms with E-state index in [1.54, 1.807) is 18.5 Å². The summed E-state index contributed by atoms with van der Waals surface area (Å²) in [5.74, 6) is 0. The lowest BCUT2D eigenvalue weighted by atomic mass is 10.0. The Kier molecular flexibility index (Phi) is 4.37. The van der Waals surface area contributed by atoms with E-state index in [1.807, 2.05) is 30.3 Å². The lowest BCUT2D eigenvalue weighted by Gasteiger charge is -2.06. The van der Waals surface area contributed by atoms with Crippen LogP contribution in [0.1, 0.15) is 31.5 Å². The molecule has 0 spiro atoms. The monoisotopic (exact) mass is 308 g/mol. The maximum absolute atomic E-state index is 12.7. The highest BCUT2D eigenvalue weighted by molar-refractivity contribution is 5.80. The Bertz CT molecular complexity index is 788. The van der Waals surface area contributed by atoms with Crippen molar-refractivity contribution in [3.8, 4) is 11.3 Å². The first-order valence-electron chi connectivity index (χ1n) is 7.96. The van der Waals surface area contributed by atoms with E-state index in [0.717, 1.165) is 41.8 Å². The van der Waals surface area contributed by atoms with Gasteiger partial charge >= 0.3 is 6.03 Å². The Morgan fingerprint density at radius 2 is 1.91 bits per heavy atom. The van der Waals surface area contributed by atoms with Gasteiger partial charge in [0.2, 0.25) is 0 Å². The van der Waals surface area contributed by atoms with Crippen LogP contribution in [-0.4, -0.2) is 25.6 Å². The molecular weight excluding hydrogens is 288 g/mol. The van der Waals surface area contributed by atoms with Crippen molar-refractivity contribution in [2.24, 2.45) is 0 Å². The van der Waals surface area contributed by atoms with Crippen LogP contribution < -0.4 is 0 Å². The Balaban J connectivity index is 2.15. The predicted octanol–water partition coefficient (Wildman–Crippen LogP) is 3.78. The molecule has 3 rings (SSSR count). The van der Waals surface area contributed by atoms with Crippen molar-refractivity contribution in [2.45, 2.75) is 33.1 Å². The smallest absolute Gasteiger partial charge is 0.244 e. The van der Waals surface area contributed by atoms with Gasteiger partial charge in [-0.1, -0.05) is 50.6 Å². The normalized spacial score (nSPS) is 10.9. The minimum absolute atomic E-state index is 0.240. The summed E-state index contributed by atoms with van der Waals surface area (Å²) in [6.07, 6.45) is 5.86. The van der Waals surface area contributed by atoms with Gasteiger partial charge in [0.1, 0.15) is 0 Å². The highest BCUT2D eigenvalue weighted by Gasteiger charge is 2.22. The molecule has 0 fully saturated rings. The van der Waals surface area contributed by atoms with Crippen molar-refractivity contribution in [1.82, 2.24) is 19.6 Å². The standard InChI is InChI=1S/C18H20N4O/c1-3-9-16-15(4-2)17(14-10-6-5-7-11-14)20-22(16)18(23)21-13-8-12-19-21/h5-8,10-13H,3-4,9H2,1-2H3. The minimum atomic E-state index is -0.240. The van der Waals surface area contributed by atoms with E-state index in [2.05, 4.69) is 24.0 Å². The molecule has 0 bridgehead atoms. The lowest BCUT2D eigenvalue weighted by molar-refractivity contribution is 0.237. The zero-order valence-electron chi connectivity index (χ0n) is 13.4. The van der Waals surface area contributed by atoms with Crippen LogP contribution in [0, 0.1) is 0 Å². The molecule has 118 valence electrons. The fourth-order valence-electron chi connectivity index (χ4n) is 2.82. The number of hydrogen-bond acceptors (Lipinski definition) is 3. The SMILES string of the molecule is CCCc1c(CC)c(-c2ccccc2)nn1C(=O)n1cccn1. The van der Waals surface area contributed by atoms with Crippen LogP contribution in [0.4, 0.5) is 4.79 Å². The first-order valence-corrected chi connectivity index (χ1v) is 7.96. The minimum Gasteiger partial charge on any atom is -0.244 e. The zero-order chi connectivity index (χ0) is 16.2. The number of hydrogen-bond donors (Lipinski definition) is 0. The zero-order valence-corrected chi connectivity index (χ0v) is 13.4. The van der Waals surface area contributed by atoms with Gasteiger partial charge in [-0.15, -0.1) is 0 Å². The maximum atomic E-state index is 12.7. The van der Waals surface area contributed by atoms with Crippen molar-refractivity contribution < 1.29 is 4.79 Å². The largest absolute Gasteiger partial charge is 0.369 e. The Morgan fingerprint density at radius 1 is 1.13 bits per heavy atom. The van der Waals surface area contributed by atoms with E-state index in [9.17, 15) is 4.79 Å². The average molecular weight is 308 g/mol. The number of carbonyl (C=O) groups is 1. The second kappa shape index (κ2) is 6.60. The Labute approximate surface area is 135 Å². The molecule has 0 atom stereocenters. The highest BCUT2D eigenvalue weighted by atomic mass is 16.2. The van der Waals surface area contributed by atoms with Gasteiger partial charge in [-0.3, -0.25) is 0 Å². The molecule has 3 aromatic rings. The molecule has 0 aliphatic heterocycles. The molecular formula is C18H20N4O. The van der Waals surface area contributed by atoms with Crippen molar-refractivity contribution in [3.05, 3.63) is 60.0 Å². The van der Waals surface area contributed by atoms with Gasteiger partial charge in [-0.2, -0.15) is 19.6 Å². The number of nitrogens with zero attached hydrogens (tertiary/aromatic N) is 4. The average Bonchev–Trinajstić information content (AvgIpc) is 3.23. The van der Waals surface area contributed by atoms with Crippen LogP contribution in [0.25, 0.3) is 11.3 Å². The van der Waals surface area contributed by atoms with Crippen molar-refractivity contribution in [2.75, 3.05) is 0 Å². The van der Waals surface area contributed by atoms with Crippen LogP contribution in [0.3, 0.4) is 0 Å². The summed E-state index contributed by atoms with van der Waals surface area (Å²) in [5.41, 5.74) is 4.04. The molecule has 0 aliphatic rings. The molecule has 5 nitrogen and oxygen atoms in total. The van der Waals surface area contributed by atoms with Gasteiger partial charge in [0.25, 0.3) is 0 Å². The molecule has 23 heavy (non-hydrogen) atoms. The third-order valence-corrected chi connectivity index (χ3v) is 3.86. The maximum Gasteiger partial charge on any atom is 0.369 e. The third kappa shape index (κ3) is 2.82. The topological polar surface area (TPSA) is 52.7 Å². The summed E-state index contributed by atoms with van der Waals surface area (Å²) in [5, 5.41) is 8.67. The summed E-state index contributed by atoms with van der Waals surface area (Å²) in [4.78, 5) is 12.7. The van der Waals surface area contributed by atoms with Crippen LogP contribution in [0.15, 0.2) is 48.8 Å². The molecule has 0 amide bonds. The summed E-state index contributed by atoms with van der Waals surface area (Å²) in [7, 11) is 0. The van der Waals surface area contributed by atoms with Gasteiger partial charge in [-0.25, -0.2) is 4.79 Å². The Morgan fingerprint density at radius 3 is 2.52 bits per heavy atom. The molecule has 0 unspecified atom stereocenters. The van der Waals surface area contributed by atoms with E-state index in [-0.39, 0.29) is 6.03 Å². The van der Waals surface area contributed by atoms with Crippen molar-refractivity contribution in [1.29, 1.82) is 0 Å². The van der Waals surface area contributed by atoms with Crippen LogP contribution >= 0.6 is 0 Å². The fourth-order valence-corrected chi connectivity index (χ4v) is 2.82. The van der Waals surface area contributed by atoms with Gasteiger partial charge in [-0.05, 0) is 18.9 Å². The van der Waals surface area contributed by atoms with Crippen LogP contribution in [-0.2, 0) is 12.8 Å². The molecule has 0 saturated carbocycles. The first-order chi connectivity index (χ1) is 11.3. The van der Waals surface area contributed by atoms with Crippen LogP contribution in [0.2, 0.25) is 0 Å². The number of rotatable bonds is 4. The molecule has 2 aromatic heterocycles. The number of aromatic nitrogens is 4. The first kappa shape index (κ1) is 15.2. The molecule has 0 radical (unpaired) electrons. The van der Waals surface area contributed by atoms with E-state index >= 15 is 0 Å². The fraction of sp³-hybridized carbons (Fsp3) is 0.278. The van der Waals surface area contributed by atoms with E-state index in [1.165, 1.54) is 9.36 Å². The van der Waals surface area contributed by atoms with Gasteiger partial charge in [0.05, 0.1) is 11.4 Å². The van der Waals surface area contributed by atoms with Crippen LogP contribution in [0.5, 0.6) is 0 Å². The van der Waals surface area contributed by atoms with E-state index in [0.29, 0.717) is 0 Å². The Hall–Kier alpha value is -2.69. The second-order valence-corrected chi connectivity index (χ2v) is 5.39. The summed E-state index contributed by atoms with van der Waals surface area (Å²) in [6, 6.07) is 11.5. The van der Waals surface area contributed by atoms with Crippen molar-refractivity contribution in [3.63, 3.8) is 0 Å². The van der Waals surface area contributed by atoms with E-state index in [4.69, 9.17) is 0 Å². The molecule has 5 heteroatoms. The van der Waals surface area contributed by atoms with E-state index < -0.39 is 0 Å².